The van der Waals surface area contributed by atoms with Crippen molar-refractivity contribution in [2.75, 3.05) is 12.1 Å². The van der Waals surface area contributed by atoms with Gasteiger partial charge in [-0.15, -0.1) is 0 Å². The summed E-state index contributed by atoms with van der Waals surface area (Å²) >= 11 is 0. The average molecular weight is 270 g/mol. The van der Waals surface area contributed by atoms with Crippen LogP contribution in [0.1, 0.15) is 11.1 Å². The zero-order valence-electron chi connectivity index (χ0n) is 10.5. The lowest BCUT2D eigenvalue weighted by atomic mass is 10.1. The summed E-state index contributed by atoms with van der Waals surface area (Å²) in [5.41, 5.74) is 1.87. The number of rotatable bonds is 3. The molecule has 2 aromatic carbocycles. The summed E-state index contributed by atoms with van der Waals surface area (Å²) in [6.07, 6.45) is 0. The van der Waals surface area contributed by atoms with Gasteiger partial charge in [0, 0.05) is 6.54 Å². The van der Waals surface area contributed by atoms with Gasteiger partial charge in [0.05, 0.1) is 11.3 Å². The van der Waals surface area contributed by atoms with Crippen molar-refractivity contribution >= 4 is 5.69 Å². The first-order valence-corrected chi connectivity index (χ1v) is 6.08. The Kier molecular flexibility index (Phi) is 3.13. The SMILES string of the molecule is N#Cc1cc(F)ccc1NCc1ccc2c(c1)OCO2. The van der Waals surface area contributed by atoms with E-state index < -0.39 is 5.82 Å². The molecular weight excluding hydrogens is 259 g/mol. The summed E-state index contributed by atoms with van der Waals surface area (Å²) in [5, 5.41) is 12.1. The number of ether oxygens (including phenoxy) is 2. The number of hydrogen-bond donors (Lipinski definition) is 1. The molecule has 1 N–H and O–H groups in total. The normalized spacial score (nSPS) is 12.0. The molecule has 0 bridgehead atoms. The number of anilines is 1. The molecule has 1 aliphatic heterocycles. The van der Waals surface area contributed by atoms with Crippen LogP contribution in [0.4, 0.5) is 10.1 Å². The molecule has 20 heavy (non-hydrogen) atoms. The van der Waals surface area contributed by atoms with Crippen molar-refractivity contribution in [3.63, 3.8) is 0 Å². The molecular formula is C15H11FN2O2. The smallest absolute Gasteiger partial charge is 0.231 e. The van der Waals surface area contributed by atoms with Gasteiger partial charge in [-0.3, -0.25) is 0 Å². The predicted octanol–water partition coefficient (Wildman–Crippen LogP) is 3.04. The Morgan fingerprint density at radius 3 is 2.85 bits per heavy atom. The van der Waals surface area contributed by atoms with Crippen molar-refractivity contribution in [1.29, 1.82) is 5.26 Å². The van der Waals surface area contributed by atoms with Gasteiger partial charge < -0.3 is 14.8 Å². The molecule has 0 aliphatic carbocycles. The van der Waals surface area contributed by atoms with E-state index in [0.29, 0.717) is 18.0 Å². The van der Waals surface area contributed by atoms with E-state index in [9.17, 15) is 4.39 Å². The minimum absolute atomic E-state index is 0.239. The summed E-state index contributed by atoms with van der Waals surface area (Å²) in [6, 6.07) is 11.7. The molecule has 0 saturated carbocycles. The molecule has 0 fully saturated rings. The molecule has 0 spiro atoms. The van der Waals surface area contributed by atoms with Crippen molar-refractivity contribution < 1.29 is 13.9 Å². The van der Waals surface area contributed by atoms with Gasteiger partial charge in [0.1, 0.15) is 11.9 Å². The highest BCUT2D eigenvalue weighted by Gasteiger charge is 2.13. The molecule has 0 aromatic heterocycles. The van der Waals surface area contributed by atoms with Crippen LogP contribution in [0.3, 0.4) is 0 Å². The number of nitrogens with zero attached hydrogens (tertiary/aromatic N) is 1. The second-order valence-corrected chi connectivity index (χ2v) is 4.34. The summed E-state index contributed by atoms with van der Waals surface area (Å²) < 4.78 is 23.6. The Morgan fingerprint density at radius 1 is 1.15 bits per heavy atom. The Bertz CT molecular complexity index is 695. The largest absolute Gasteiger partial charge is 0.454 e. The fourth-order valence-corrected chi connectivity index (χ4v) is 2.01. The zero-order chi connectivity index (χ0) is 13.9. The molecule has 0 atom stereocenters. The Balaban J connectivity index is 1.75. The molecule has 1 heterocycles. The molecule has 100 valence electrons. The third kappa shape index (κ3) is 2.36. The van der Waals surface area contributed by atoms with Crippen molar-refractivity contribution in [2.24, 2.45) is 0 Å². The van der Waals surface area contributed by atoms with Gasteiger partial charge in [-0.05, 0) is 35.9 Å². The Hall–Kier alpha value is -2.74. The first kappa shape index (κ1) is 12.3. The number of nitriles is 1. The summed E-state index contributed by atoms with van der Waals surface area (Å²) in [6.45, 7) is 0.750. The maximum atomic E-state index is 13.0. The van der Waals surface area contributed by atoms with E-state index in [2.05, 4.69) is 5.32 Å². The van der Waals surface area contributed by atoms with Gasteiger partial charge in [-0.1, -0.05) is 6.07 Å². The number of hydrogen-bond acceptors (Lipinski definition) is 4. The fourth-order valence-electron chi connectivity index (χ4n) is 2.01. The lowest BCUT2D eigenvalue weighted by Crippen LogP contribution is -2.01. The van der Waals surface area contributed by atoms with Crippen LogP contribution >= 0.6 is 0 Å². The second-order valence-electron chi connectivity index (χ2n) is 4.34. The highest BCUT2D eigenvalue weighted by Crippen LogP contribution is 2.32. The van der Waals surface area contributed by atoms with Gasteiger partial charge in [0.25, 0.3) is 0 Å². The van der Waals surface area contributed by atoms with Crippen molar-refractivity contribution in [2.45, 2.75) is 6.54 Å². The van der Waals surface area contributed by atoms with Crippen LogP contribution in [0.2, 0.25) is 0 Å². The molecule has 4 nitrogen and oxygen atoms in total. The molecule has 0 amide bonds. The maximum absolute atomic E-state index is 13.0. The van der Waals surface area contributed by atoms with Crippen LogP contribution in [-0.2, 0) is 6.54 Å². The highest BCUT2D eigenvalue weighted by atomic mass is 19.1. The summed E-state index contributed by atoms with van der Waals surface area (Å²) in [5.74, 6) is 1.02. The third-order valence-electron chi connectivity index (χ3n) is 3.02. The van der Waals surface area contributed by atoms with E-state index in [1.54, 1.807) is 6.07 Å². The van der Waals surface area contributed by atoms with Gasteiger partial charge >= 0.3 is 0 Å². The third-order valence-corrected chi connectivity index (χ3v) is 3.02. The van der Waals surface area contributed by atoms with Gasteiger partial charge in [-0.2, -0.15) is 5.26 Å². The number of benzene rings is 2. The van der Waals surface area contributed by atoms with Crippen LogP contribution in [0.15, 0.2) is 36.4 Å². The van der Waals surface area contributed by atoms with Gasteiger partial charge in [0.15, 0.2) is 11.5 Å². The lowest BCUT2D eigenvalue weighted by molar-refractivity contribution is 0.174. The van der Waals surface area contributed by atoms with Crippen molar-refractivity contribution in [3.05, 3.63) is 53.3 Å². The topological polar surface area (TPSA) is 54.3 Å². The van der Waals surface area contributed by atoms with Crippen LogP contribution in [0.25, 0.3) is 0 Å². The molecule has 0 radical (unpaired) electrons. The molecule has 2 aromatic rings. The highest BCUT2D eigenvalue weighted by molar-refractivity contribution is 5.58. The van der Waals surface area contributed by atoms with E-state index in [4.69, 9.17) is 14.7 Å². The van der Waals surface area contributed by atoms with Gasteiger partial charge in [-0.25, -0.2) is 4.39 Å². The van der Waals surface area contributed by atoms with Crippen LogP contribution < -0.4 is 14.8 Å². The van der Waals surface area contributed by atoms with Gasteiger partial charge in [0.2, 0.25) is 6.79 Å². The molecule has 0 unspecified atom stereocenters. The number of nitrogens with one attached hydrogen (secondary N) is 1. The second kappa shape index (κ2) is 5.10. The van der Waals surface area contributed by atoms with Crippen LogP contribution in [0, 0.1) is 17.1 Å². The monoisotopic (exact) mass is 270 g/mol. The van der Waals surface area contributed by atoms with Crippen molar-refractivity contribution in [3.8, 4) is 17.6 Å². The Labute approximate surface area is 115 Å². The average Bonchev–Trinajstić information content (AvgIpc) is 2.93. The standard InChI is InChI=1S/C15H11FN2O2/c16-12-2-3-13(11(6-12)7-17)18-8-10-1-4-14-15(5-10)20-9-19-14/h1-6,18H,8-9H2. The minimum Gasteiger partial charge on any atom is -0.454 e. The summed E-state index contributed by atoms with van der Waals surface area (Å²) in [4.78, 5) is 0. The van der Waals surface area contributed by atoms with Crippen molar-refractivity contribution in [1.82, 2.24) is 0 Å². The predicted molar refractivity (Wildman–Crippen MR) is 71.0 cm³/mol. The number of halogens is 1. The van der Waals surface area contributed by atoms with E-state index in [1.165, 1.54) is 12.1 Å². The van der Waals surface area contributed by atoms with E-state index in [0.717, 1.165) is 11.3 Å². The molecule has 5 heteroatoms. The molecule has 1 aliphatic rings. The molecule has 3 rings (SSSR count). The van der Waals surface area contributed by atoms with Crippen LogP contribution in [-0.4, -0.2) is 6.79 Å². The Morgan fingerprint density at radius 2 is 2.00 bits per heavy atom. The summed E-state index contributed by atoms with van der Waals surface area (Å²) in [7, 11) is 0. The molecule has 0 saturated heterocycles. The van der Waals surface area contributed by atoms with Crippen LogP contribution in [0.5, 0.6) is 11.5 Å². The first-order valence-electron chi connectivity index (χ1n) is 6.08. The lowest BCUT2D eigenvalue weighted by Gasteiger charge is -2.09. The number of fused-ring (bicyclic) bond motifs is 1. The quantitative estimate of drug-likeness (QED) is 0.931. The van der Waals surface area contributed by atoms with E-state index >= 15 is 0 Å². The van der Waals surface area contributed by atoms with E-state index in [1.807, 2.05) is 24.3 Å². The van der Waals surface area contributed by atoms with E-state index in [-0.39, 0.29) is 12.4 Å². The first-order chi connectivity index (χ1) is 9.76. The maximum Gasteiger partial charge on any atom is 0.231 e. The zero-order valence-corrected chi connectivity index (χ0v) is 10.5. The fraction of sp³-hybridized carbons (Fsp3) is 0.133. The minimum atomic E-state index is -0.421.